The number of rotatable bonds is 4. The van der Waals surface area contributed by atoms with Crippen molar-refractivity contribution < 1.29 is 9.90 Å². The highest BCUT2D eigenvalue weighted by molar-refractivity contribution is 5.78. The first-order chi connectivity index (χ1) is 8.24. The summed E-state index contributed by atoms with van der Waals surface area (Å²) in [6, 6.07) is 6.48. The van der Waals surface area contributed by atoms with Gasteiger partial charge in [-0.25, -0.2) is 0 Å². The van der Waals surface area contributed by atoms with Gasteiger partial charge in [0.25, 0.3) is 0 Å². The zero-order chi connectivity index (χ0) is 12.1. The van der Waals surface area contributed by atoms with Crippen LogP contribution in [-0.4, -0.2) is 31.6 Å². The maximum Gasteiger partial charge on any atom is 0.224 e. The van der Waals surface area contributed by atoms with Crippen LogP contribution in [0, 0.1) is 0 Å². The maximum atomic E-state index is 11.5. The summed E-state index contributed by atoms with van der Waals surface area (Å²) in [4.78, 5) is 11.5. The largest absolute Gasteiger partial charge is 0.508 e. The summed E-state index contributed by atoms with van der Waals surface area (Å²) in [5.74, 6) is 0.477. The third-order valence-corrected chi connectivity index (χ3v) is 2.13. The molecule has 0 aliphatic rings. The van der Waals surface area contributed by atoms with Crippen LogP contribution in [-0.2, 0) is 17.8 Å². The van der Waals surface area contributed by atoms with Crippen LogP contribution >= 0.6 is 0 Å². The topological polar surface area (TPSA) is 104 Å². The Balaban J connectivity index is 1.83. The van der Waals surface area contributed by atoms with Crippen molar-refractivity contribution in [2.45, 2.75) is 13.0 Å². The van der Waals surface area contributed by atoms with Gasteiger partial charge in [-0.2, -0.15) is 5.21 Å². The Bertz CT molecular complexity index is 480. The van der Waals surface area contributed by atoms with E-state index in [-0.39, 0.29) is 24.6 Å². The maximum absolute atomic E-state index is 11.5. The van der Waals surface area contributed by atoms with Gasteiger partial charge in [0, 0.05) is 0 Å². The molecule has 7 nitrogen and oxygen atoms in total. The number of aromatic nitrogens is 4. The fourth-order valence-corrected chi connectivity index (χ4v) is 1.30. The zero-order valence-electron chi connectivity index (χ0n) is 8.92. The Morgan fingerprint density at radius 3 is 2.76 bits per heavy atom. The lowest BCUT2D eigenvalue weighted by molar-refractivity contribution is -0.120. The molecule has 0 radical (unpaired) electrons. The molecule has 0 saturated heterocycles. The van der Waals surface area contributed by atoms with Crippen LogP contribution < -0.4 is 5.32 Å². The number of phenols is 1. The number of aromatic amines is 1. The number of phenolic OH excluding ortho intramolecular Hbond substituents is 1. The number of hydrogen-bond donors (Lipinski definition) is 3. The van der Waals surface area contributed by atoms with Crippen molar-refractivity contribution >= 4 is 5.91 Å². The highest BCUT2D eigenvalue weighted by Crippen LogP contribution is 2.09. The smallest absolute Gasteiger partial charge is 0.224 e. The third kappa shape index (κ3) is 3.26. The monoisotopic (exact) mass is 233 g/mol. The molecule has 17 heavy (non-hydrogen) atoms. The third-order valence-electron chi connectivity index (χ3n) is 2.13. The molecular formula is C10H11N5O2. The molecule has 0 atom stereocenters. The second kappa shape index (κ2) is 5.06. The predicted molar refractivity (Wildman–Crippen MR) is 57.8 cm³/mol. The lowest BCUT2D eigenvalue weighted by atomic mass is 10.1. The van der Waals surface area contributed by atoms with Gasteiger partial charge in [0.15, 0.2) is 5.82 Å². The Kier molecular flexibility index (Phi) is 3.29. The van der Waals surface area contributed by atoms with Crippen molar-refractivity contribution in [1.82, 2.24) is 25.9 Å². The van der Waals surface area contributed by atoms with E-state index in [9.17, 15) is 4.79 Å². The Labute approximate surface area is 96.9 Å². The molecule has 2 aromatic rings. The molecule has 1 amide bonds. The number of benzene rings is 1. The average Bonchev–Trinajstić information content (AvgIpc) is 2.83. The first-order valence-electron chi connectivity index (χ1n) is 5.01. The first kappa shape index (κ1) is 11.1. The van der Waals surface area contributed by atoms with Crippen molar-refractivity contribution in [1.29, 1.82) is 0 Å². The van der Waals surface area contributed by atoms with Crippen LogP contribution in [0.4, 0.5) is 0 Å². The second-order valence-corrected chi connectivity index (χ2v) is 3.45. The van der Waals surface area contributed by atoms with Gasteiger partial charge in [-0.3, -0.25) is 4.79 Å². The molecule has 1 heterocycles. The average molecular weight is 233 g/mol. The molecule has 1 aromatic carbocycles. The molecule has 88 valence electrons. The van der Waals surface area contributed by atoms with E-state index in [2.05, 4.69) is 25.9 Å². The van der Waals surface area contributed by atoms with Gasteiger partial charge < -0.3 is 10.4 Å². The molecule has 0 fully saturated rings. The summed E-state index contributed by atoms with van der Waals surface area (Å²) in [5, 5.41) is 24.9. The van der Waals surface area contributed by atoms with E-state index in [0.29, 0.717) is 5.82 Å². The molecular weight excluding hydrogens is 222 g/mol. The molecule has 3 N–H and O–H groups in total. The van der Waals surface area contributed by atoms with Crippen molar-refractivity contribution in [3.63, 3.8) is 0 Å². The Morgan fingerprint density at radius 1 is 1.35 bits per heavy atom. The predicted octanol–water partition coefficient (Wildman–Crippen LogP) is -0.236. The highest BCUT2D eigenvalue weighted by atomic mass is 16.3. The zero-order valence-corrected chi connectivity index (χ0v) is 8.92. The van der Waals surface area contributed by atoms with Crippen LogP contribution in [0.2, 0.25) is 0 Å². The number of carbonyl (C=O) groups is 1. The van der Waals surface area contributed by atoms with Gasteiger partial charge in [0.05, 0.1) is 13.0 Å². The number of carbonyl (C=O) groups excluding carboxylic acids is 1. The lowest BCUT2D eigenvalue weighted by Crippen LogP contribution is -2.25. The van der Waals surface area contributed by atoms with Gasteiger partial charge >= 0.3 is 0 Å². The minimum Gasteiger partial charge on any atom is -0.508 e. The molecule has 0 unspecified atom stereocenters. The van der Waals surface area contributed by atoms with Crippen LogP contribution in [0.15, 0.2) is 24.3 Å². The lowest BCUT2D eigenvalue weighted by Gasteiger charge is -2.02. The second-order valence-electron chi connectivity index (χ2n) is 3.45. The molecule has 0 spiro atoms. The molecule has 1 aromatic heterocycles. The van der Waals surface area contributed by atoms with E-state index in [1.807, 2.05) is 0 Å². The number of tetrazole rings is 1. The van der Waals surface area contributed by atoms with E-state index in [4.69, 9.17) is 5.11 Å². The van der Waals surface area contributed by atoms with Crippen LogP contribution in [0.25, 0.3) is 0 Å². The number of aromatic hydroxyl groups is 1. The molecule has 0 aliphatic carbocycles. The number of H-pyrrole nitrogens is 1. The van der Waals surface area contributed by atoms with Crippen molar-refractivity contribution in [2.24, 2.45) is 0 Å². The minimum atomic E-state index is -0.138. The van der Waals surface area contributed by atoms with Gasteiger partial charge in [0.1, 0.15) is 5.75 Å². The SMILES string of the molecule is O=C(Cc1ccc(O)cc1)NCc1nn[nH]n1. The van der Waals surface area contributed by atoms with E-state index < -0.39 is 0 Å². The molecule has 2 rings (SSSR count). The number of amides is 1. The summed E-state index contributed by atoms with van der Waals surface area (Å²) in [5.41, 5.74) is 0.827. The van der Waals surface area contributed by atoms with Gasteiger partial charge in [-0.05, 0) is 17.7 Å². The van der Waals surface area contributed by atoms with E-state index in [1.165, 1.54) is 0 Å². The van der Waals surface area contributed by atoms with Gasteiger partial charge in [-0.15, -0.1) is 10.2 Å². The minimum absolute atomic E-state index is 0.138. The molecule has 7 heteroatoms. The van der Waals surface area contributed by atoms with Gasteiger partial charge in [-0.1, -0.05) is 17.3 Å². The standard InChI is InChI=1S/C10H11N5O2/c16-8-3-1-7(2-4-8)5-10(17)11-6-9-12-14-15-13-9/h1-4,16H,5-6H2,(H,11,17)(H,12,13,14,15). The van der Waals surface area contributed by atoms with Crippen LogP contribution in [0.5, 0.6) is 5.75 Å². The summed E-state index contributed by atoms with van der Waals surface area (Å²) in [6.07, 6.45) is 0.248. The summed E-state index contributed by atoms with van der Waals surface area (Å²) < 4.78 is 0. The fraction of sp³-hybridized carbons (Fsp3) is 0.200. The molecule has 0 saturated carbocycles. The number of nitrogens with zero attached hydrogens (tertiary/aromatic N) is 3. The van der Waals surface area contributed by atoms with Gasteiger partial charge in [0.2, 0.25) is 5.91 Å². The van der Waals surface area contributed by atoms with Crippen molar-refractivity contribution in [2.75, 3.05) is 0 Å². The fourth-order valence-electron chi connectivity index (χ4n) is 1.30. The van der Waals surface area contributed by atoms with E-state index >= 15 is 0 Å². The number of nitrogens with one attached hydrogen (secondary N) is 2. The van der Waals surface area contributed by atoms with Crippen LogP contribution in [0.1, 0.15) is 11.4 Å². The van der Waals surface area contributed by atoms with Crippen molar-refractivity contribution in [3.05, 3.63) is 35.7 Å². The Hall–Kier alpha value is -2.44. The summed E-state index contributed by atoms with van der Waals surface area (Å²) in [7, 11) is 0. The van der Waals surface area contributed by atoms with E-state index in [1.54, 1.807) is 24.3 Å². The Morgan fingerprint density at radius 2 is 2.12 bits per heavy atom. The highest BCUT2D eigenvalue weighted by Gasteiger charge is 2.05. The first-order valence-corrected chi connectivity index (χ1v) is 5.01. The summed E-state index contributed by atoms with van der Waals surface area (Å²) >= 11 is 0. The van der Waals surface area contributed by atoms with Crippen LogP contribution in [0.3, 0.4) is 0 Å². The normalized spacial score (nSPS) is 10.1. The molecule has 0 aliphatic heterocycles. The number of hydrogen-bond acceptors (Lipinski definition) is 5. The van der Waals surface area contributed by atoms with Crippen molar-refractivity contribution in [3.8, 4) is 5.75 Å². The quantitative estimate of drug-likeness (QED) is 0.676. The molecule has 0 bridgehead atoms. The summed E-state index contributed by atoms with van der Waals surface area (Å²) in [6.45, 7) is 0.243. The van der Waals surface area contributed by atoms with E-state index in [0.717, 1.165) is 5.56 Å².